The van der Waals surface area contributed by atoms with Crippen molar-refractivity contribution in [3.63, 3.8) is 0 Å². The molecule has 1 atom stereocenters. The first-order chi connectivity index (χ1) is 8.59. The zero-order chi connectivity index (χ0) is 13.1. The third-order valence-electron chi connectivity index (χ3n) is 3.60. The number of hydrogen-bond acceptors (Lipinski definition) is 2. The van der Waals surface area contributed by atoms with Crippen molar-refractivity contribution in [2.75, 3.05) is 13.6 Å². The van der Waals surface area contributed by atoms with Gasteiger partial charge in [0.25, 0.3) is 0 Å². The molecule has 0 saturated heterocycles. The monoisotopic (exact) mass is 286 g/mol. The largest absolute Gasteiger partial charge is 0.311 e. The van der Waals surface area contributed by atoms with Gasteiger partial charge in [0.15, 0.2) is 0 Å². The first-order valence-electron chi connectivity index (χ1n) is 6.45. The van der Waals surface area contributed by atoms with Crippen LogP contribution in [0.1, 0.15) is 25.3 Å². The molecule has 1 aromatic rings. The Morgan fingerprint density at radius 1 is 1.39 bits per heavy atom. The van der Waals surface area contributed by atoms with Crippen LogP contribution in [-0.2, 0) is 6.54 Å². The summed E-state index contributed by atoms with van der Waals surface area (Å²) in [6.45, 7) is 3.99. The second kappa shape index (κ2) is 6.25. The van der Waals surface area contributed by atoms with Gasteiger partial charge in [-0.15, -0.1) is 0 Å². The molecule has 0 aromatic heterocycles. The summed E-state index contributed by atoms with van der Waals surface area (Å²) in [7, 11) is 2.20. The molecular formula is C14H20Cl2N2. The molecule has 1 aliphatic rings. The van der Waals surface area contributed by atoms with E-state index in [0.29, 0.717) is 16.1 Å². The van der Waals surface area contributed by atoms with E-state index in [-0.39, 0.29) is 0 Å². The van der Waals surface area contributed by atoms with Gasteiger partial charge in [0.2, 0.25) is 0 Å². The number of hydrogen-bond donors (Lipinski definition) is 1. The molecule has 0 radical (unpaired) electrons. The zero-order valence-electron chi connectivity index (χ0n) is 10.9. The van der Waals surface area contributed by atoms with Gasteiger partial charge >= 0.3 is 0 Å². The Morgan fingerprint density at radius 3 is 2.78 bits per heavy atom. The highest BCUT2D eigenvalue weighted by Gasteiger charge is 2.28. The first-order valence-corrected chi connectivity index (χ1v) is 7.20. The summed E-state index contributed by atoms with van der Waals surface area (Å²) in [5.41, 5.74) is 1.06. The Morgan fingerprint density at radius 2 is 2.11 bits per heavy atom. The lowest BCUT2D eigenvalue weighted by molar-refractivity contribution is 0.241. The molecule has 2 nitrogen and oxygen atoms in total. The van der Waals surface area contributed by atoms with Gasteiger partial charge in [0, 0.05) is 25.2 Å². The molecule has 0 amide bonds. The summed E-state index contributed by atoms with van der Waals surface area (Å²) in [5, 5.41) is 4.73. The predicted octanol–water partition coefficient (Wildman–Crippen LogP) is 3.57. The van der Waals surface area contributed by atoms with Crippen LogP contribution in [-0.4, -0.2) is 30.6 Å². The Hall–Kier alpha value is -0.280. The average Bonchev–Trinajstić information content (AvgIpc) is 3.17. The summed E-state index contributed by atoms with van der Waals surface area (Å²) >= 11 is 12.1. The molecule has 1 aliphatic carbocycles. The predicted molar refractivity (Wildman–Crippen MR) is 78.4 cm³/mol. The maximum absolute atomic E-state index is 6.15. The molecule has 0 bridgehead atoms. The van der Waals surface area contributed by atoms with Crippen molar-refractivity contribution in [2.24, 2.45) is 0 Å². The molecule has 18 heavy (non-hydrogen) atoms. The van der Waals surface area contributed by atoms with Crippen molar-refractivity contribution in [1.82, 2.24) is 10.2 Å². The van der Waals surface area contributed by atoms with Crippen LogP contribution in [0.4, 0.5) is 0 Å². The van der Waals surface area contributed by atoms with Crippen LogP contribution in [0.15, 0.2) is 18.2 Å². The second-order valence-corrected chi connectivity index (χ2v) is 5.87. The van der Waals surface area contributed by atoms with Gasteiger partial charge in [-0.3, -0.25) is 4.90 Å². The fraction of sp³-hybridized carbons (Fsp3) is 0.571. The standard InChI is InChI=1S/C14H20Cl2N2/c1-10(18(2)12-6-7-12)8-17-9-11-4-3-5-13(15)14(11)16/h3-5,10,12,17H,6-9H2,1-2H3. The van der Waals surface area contributed by atoms with E-state index in [1.165, 1.54) is 12.8 Å². The molecule has 0 spiro atoms. The molecular weight excluding hydrogens is 267 g/mol. The van der Waals surface area contributed by atoms with E-state index in [0.717, 1.165) is 24.7 Å². The zero-order valence-corrected chi connectivity index (χ0v) is 12.4. The normalized spacial score (nSPS) is 17.2. The van der Waals surface area contributed by atoms with Crippen LogP contribution < -0.4 is 5.32 Å². The SMILES string of the molecule is CC(CNCc1cccc(Cl)c1Cl)N(C)C1CC1. The van der Waals surface area contributed by atoms with E-state index in [4.69, 9.17) is 23.2 Å². The van der Waals surface area contributed by atoms with Crippen LogP contribution in [0.5, 0.6) is 0 Å². The Kier molecular flexibility index (Phi) is 4.91. The fourth-order valence-corrected chi connectivity index (χ4v) is 2.47. The van der Waals surface area contributed by atoms with Crippen molar-refractivity contribution >= 4 is 23.2 Å². The highest BCUT2D eigenvalue weighted by Crippen LogP contribution is 2.27. The summed E-state index contributed by atoms with van der Waals surface area (Å²) in [6, 6.07) is 7.12. The van der Waals surface area contributed by atoms with Crippen LogP contribution in [0, 0.1) is 0 Å². The highest BCUT2D eigenvalue weighted by molar-refractivity contribution is 6.42. The smallest absolute Gasteiger partial charge is 0.0637 e. The number of nitrogens with zero attached hydrogens (tertiary/aromatic N) is 1. The van der Waals surface area contributed by atoms with Crippen molar-refractivity contribution < 1.29 is 0 Å². The summed E-state index contributed by atoms with van der Waals surface area (Å²) < 4.78 is 0. The Bertz CT molecular complexity index is 405. The maximum Gasteiger partial charge on any atom is 0.0637 e. The highest BCUT2D eigenvalue weighted by atomic mass is 35.5. The van der Waals surface area contributed by atoms with E-state index in [1.807, 2.05) is 18.2 Å². The minimum absolute atomic E-state index is 0.551. The van der Waals surface area contributed by atoms with Gasteiger partial charge in [-0.05, 0) is 38.4 Å². The van der Waals surface area contributed by atoms with E-state index in [9.17, 15) is 0 Å². The average molecular weight is 287 g/mol. The van der Waals surface area contributed by atoms with E-state index in [1.54, 1.807) is 0 Å². The summed E-state index contributed by atoms with van der Waals surface area (Å²) in [5.74, 6) is 0. The number of nitrogens with one attached hydrogen (secondary N) is 1. The number of halogens is 2. The molecule has 2 rings (SSSR count). The third-order valence-corrected chi connectivity index (χ3v) is 4.46. The molecule has 0 aliphatic heterocycles. The molecule has 1 N–H and O–H groups in total. The van der Waals surface area contributed by atoms with Crippen LogP contribution >= 0.6 is 23.2 Å². The second-order valence-electron chi connectivity index (χ2n) is 5.09. The topological polar surface area (TPSA) is 15.3 Å². The lowest BCUT2D eigenvalue weighted by atomic mass is 10.2. The Labute approximate surface area is 119 Å². The molecule has 1 aromatic carbocycles. The molecule has 1 fully saturated rings. The fourth-order valence-electron chi connectivity index (χ4n) is 2.09. The Balaban J connectivity index is 1.79. The van der Waals surface area contributed by atoms with Crippen LogP contribution in [0.2, 0.25) is 10.0 Å². The molecule has 4 heteroatoms. The third kappa shape index (κ3) is 3.61. The minimum Gasteiger partial charge on any atom is -0.311 e. The van der Waals surface area contributed by atoms with Crippen molar-refractivity contribution in [1.29, 1.82) is 0 Å². The van der Waals surface area contributed by atoms with E-state index < -0.39 is 0 Å². The number of likely N-dealkylation sites (N-methyl/N-ethyl adjacent to an activating group) is 1. The van der Waals surface area contributed by atoms with Gasteiger partial charge in [-0.25, -0.2) is 0 Å². The van der Waals surface area contributed by atoms with Crippen molar-refractivity contribution in [2.45, 2.75) is 38.4 Å². The summed E-state index contributed by atoms with van der Waals surface area (Å²) in [4.78, 5) is 2.45. The molecule has 0 heterocycles. The van der Waals surface area contributed by atoms with Gasteiger partial charge < -0.3 is 5.32 Å². The van der Waals surface area contributed by atoms with Crippen molar-refractivity contribution in [3.8, 4) is 0 Å². The van der Waals surface area contributed by atoms with Gasteiger partial charge in [0.05, 0.1) is 10.0 Å². The molecule has 100 valence electrons. The van der Waals surface area contributed by atoms with Crippen LogP contribution in [0.25, 0.3) is 0 Å². The van der Waals surface area contributed by atoms with Crippen LogP contribution in [0.3, 0.4) is 0 Å². The van der Waals surface area contributed by atoms with Gasteiger partial charge in [-0.1, -0.05) is 35.3 Å². The number of rotatable bonds is 6. The maximum atomic E-state index is 6.15. The van der Waals surface area contributed by atoms with Gasteiger partial charge in [-0.2, -0.15) is 0 Å². The lowest BCUT2D eigenvalue weighted by Gasteiger charge is -2.24. The lowest BCUT2D eigenvalue weighted by Crippen LogP contribution is -2.38. The molecule has 1 unspecified atom stereocenters. The van der Waals surface area contributed by atoms with Crippen molar-refractivity contribution in [3.05, 3.63) is 33.8 Å². The summed E-state index contributed by atoms with van der Waals surface area (Å²) in [6.07, 6.45) is 2.70. The van der Waals surface area contributed by atoms with Gasteiger partial charge in [0.1, 0.15) is 0 Å². The minimum atomic E-state index is 0.551. The first kappa shape index (κ1) is 14.1. The van der Waals surface area contributed by atoms with E-state index in [2.05, 4.69) is 24.2 Å². The number of benzene rings is 1. The van der Waals surface area contributed by atoms with E-state index >= 15 is 0 Å². The molecule has 1 saturated carbocycles. The quantitative estimate of drug-likeness (QED) is 0.860.